The van der Waals surface area contributed by atoms with E-state index in [1.807, 2.05) is 4.90 Å². The van der Waals surface area contributed by atoms with Gasteiger partial charge in [0.25, 0.3) is 0 Å². The van der Waals surface area contributed by atoms with E-state index < -0.39 is 10.0 Å². The Morgan fingerprint density at radius 3 is 2.35 bits per heavy atom. The maximum absolute atomic E-state index is 11.3. The second-order valence-corrected chi connectivity index (χ2v) is 5.93. The van der Waals surface area contributed by atoms with Gasteiger partial charge < -0.3 is 9.32 Å². The molecule has 2 heterocycles. The highest BCUT2D eigenvalue weighted by Gasteiger charge is 2.24. The molecule has 1 aromatic heterocycles. The highest BCUT2D eigenvalue weighted by Crippen LogP contribution is 2.19. The molecule has 1 fully saturated rings. The molecular formula is C10H14N2O4S. The highest BCUT2D eigenvalue weighted by atomic mass is 32.2. The summed E-state index contributed by atoms with van der Waals surface area (Å²) in [5, 5.41) is 0. The van der Waals surface area contributed by atoms with Crippen LogP contribution in [0.25, 0.3) is 0 Å². The van der Waals surface area contributed by atoms with Gasteiger partial charge in [0.15, 0.2) is 17.9 Å². The first kappa shape index (κ1) is 12.1. The van der Waals surface area contributed by atoms with Gasteiger partial charge in [0.05, 0.1) is 6.26 Å². The van der Waals surface area contributed by atoms with E-state index in [1.165, 1.54) is 10.6 Å². The molecule has 1 aliphatic rings. The van der Waals surface area contributed by atoms with E-state index in [2.05, 4.69) is 0 Å². The van der Waals surface area contributed by atoms with Crippen LogP contribution in [0.2, 0.25) is 0 Å². The lowest BCUT2D eigenvalue weighted by Gasteiger charge is -2.32. The lowest BCUT2D eigenvalue weighted by atomic mass is 10.3. The van der Waals surface area contributed by atoms with Gasteiger partial charge in [0.1, 0.15) is 0 Å². The third kappa shape index (κ3) is 2.67. The van der Waals surface area contributed by atoms with Crippen LogP contribution in [0.15, 0.2) is 16.5 Å². The lowest BCUT2D eigenvalue weighted by Crippen LogP contribution is -2.48. The van der Waals surface area contributed by atoms with Gasteiger partial charge in [-0.05, 0) is 6.07 Å². The van der Waals surface area contributed by atoms with Gasteiger partial charge >= 0.3 is 0 Å². The zero-order valence-corrected chi connectivity index (χ0v) is 10.3. The minimum absolute atomic E-state index is 0.283. The molecule has 1 aliphatic heterocycles. The highest BCUT2D eigenvalue weighted by molar-refractivity contribution is 7.88. The standard InChI is InChI=1S/C10H14N2O4S/c1-17(14,15)12-6-4-11(5-7-12)10-3-2-9(8-13)16-10/h2-3,8H,4-7H2,1H3. The van der Waals surface area contributed by atoms with Crippen LogP contribution in [0.5, 0.6) is 0 Å². The van der Waals surface area contributed by atoms with Crippen LogP contribution in [0, 0.1) is 0 Å². The predicted octanol–water partition coefficient (Wildman–Crippen LogP) is 0.174. The van der Waals surface area contributed by atoms with Crippen LogP contribution < -0.4 is 4.90 Å². The van der Waals surface area contributed by atoms with Crippen LogP contribution >= 0.6 is 0 Å². The number of piperazine rings is 1. The number of hydrogen-bond acceptors (Lipinski definition) is 5. The van der Waals surface area contributed by atoms with Gasteiger partial charge in [-0.15, -0.1) is 0 Å². The Morgan fingerprint density at radius 2 is 1.88 bits per heavy atom. The minimum atomic E-state index is -3.11. The second-order valence-electron chi connectivity index (χ2n) is 3.94. The van der Waals surface area contributed by atoms with Crippen molar-refractivity contribution in [3.8, 4) is 0 Å². The molecule has 2 rings (SSSR count). The molecule has 94 valence electrons. The van der Waals surface area contributed by atoms with Crippen LogP contribution in [0.3, 0.4) is 0 Å². The first-order valence-electron chi connectivity index (χ1n) is 5.26. The lowest BCUT2D eigenvalue weighted by molar-refractivity contribution is 0.110. The van der Waals surface area contributed by atoms with E-state index in [0.717, 1.165) is 0 Å². The topological polar surface area (TPSA) is 70.8 Å². The normalized spacial score (nSPS) is 18.3. The SMILES string of the molecule is CS(=O)(=O)N1CCN(c2ccc(C=O)o2)CC1. The number of aldehydes is 1. The molecular weight excluding hydrogens is 244 g/mol. The molecule has 1 aromatic rings. The van der Waals surface area contributed by atoms with E-state index in [0.29, 0.717) is 38.3 Å². The van der Waals surface area contributed by atoms with Crippen molar-refractivity contribution in [2.75, 3.05) is 37.3 Å². The van der Waals surface area contributed by atoms with Crippen molar-refractivity contribution in [3.05, 3.63) is 17.9 Å². The Bertz CT molecular complexity index is 500. The summed E-state index contributed by atoms with van der Waals surface area (Å²) in [5.74, 6) is 0.894. The average molecular weight is 258 g/mol. The number of hydrogen-bond donors (Lipinski definition) is 0. The van der Waals surface area contributed by atoms with E-state index in [9.17, 15) is 13.2 Å². The van der Waals surface area contributed by atoms with E-state index in [-0.39, 0.29) is 5.76 Å². The fourth-order valence-corrected chi connectivity index (χ4v) is 2.64. The van der Waals surface area contributed by atoms with Gasteiger partial charge in [0.2, 0.25) is 10.0 Å². The van der Waals surface area contributed by atoms with Gasteiger partial charge in [-0.2, -0.15) is 4.31 Å². The summed E-state index contributed by atoms with van der Waals surface area (Å²) in [7, 11) is -3.11. The average Bonchev–Trinajstić information content (AvgIpc) is 2.76. The molecule has 1 saturated heterocycles. The molecule has 7 heteroatoms. The van der Waals surface area contributed by atoms with E-state index in [1.54, 1.807) is 12.1 Å². The van der Waals surface area contributed by atoms with Crippen molar-refractivity contribution in [1.82, 2.24) is 4.31 Å². The molecule has 0 unspecified atom stereocenters. The first-order valence-corrected chi connectivity index (χ1v) is 7.10. The van der Waals surface area contributed by atoms with Gasteiger partial charge in [0, 0.05) is 32.2 Å². The summed E-state index contributed by atoms with van der Waals surface area (Å²) in [6, 6.07) is 3.32. The smallest absolute Gasteiger partial charge is 0.211 e. The Labute approximate surface area is 99.9 Å². The van der Waals surface area contributed by atoms with Gasteiger partial charge in [-0.1, -0.05) is 0 Å². The van der Waals surface area contributed by atoms with Crippen molar-refractivity contribution in [3.63, 3.8) is 0 Å². The zero-order chi connectivity index (χ0) is 12.5. The van der Waals surface area contributed by atoms with Crippen molar-refractivity contribution >= 4 is 22.2 Å². The van der Waals surface area contributed by atoms with Gasteiger partial charge in [-0.25, -0.2) is 8.42 Å². The molecule has 6 nitrogen and oxygen atoms in total. The van der Waals surface area contributed by atoms with Crippen LogP contribution in [-0.2, 0) is 10.0 Å². The summed E-state index contributed by atoms with van der Waals surface area (Å²) >= 11 is 0. The largest absolute Gasteiger partial charge is 0.438 e. The van der Waals surface area contributed by atoms with Crippen LogP contribution in [0.4, 0.5) is 5.88 Å². The second kappa shape index (κ2) is 4.50. The number of carbonyl (C=O) groups is 1. The maximum Gasteiger partial charge on any atom is 0.211 e. The van der Waals surface area contributed by atoms with Crippen molar-refractivity contribution in [2.24, 2.45) is 0 Å². The molecule has 0 saturated carbocycles. The molecule has 0 N–H and O–H groups in total. The summed E-state index contributed by atoms with van der Waals surface area (Å²) in [6.45, 7) is 2.02. The van der Waals surface area contributed by atoms with Crippen LogP contribution in [0.1, 0.15) is 10.6 Å². The number of carbonyl (C=O) groups excluding carboxylic acids is 1. The summed E-state index contributed by atoms with van der Waals surface area (Å²) in [4.78, 5) is 12.4. The third-order valence-electron chi connectivity index (χ3n) is 2.75. The Hall–Kier alpha value is -1.34. The van der Waals surface area contributed by atoms with E-state index >= 15 is 0 Å². The molecule has 0 atom stereocenters. The van der Waals surface area contributed by atoms with E-state index in [4.69, 9.17) is 4.42 Å². The molecule has 0 bridgehead atoms. The Kier molecular flexibility index (Phi) is 3.21. The first-order chi connectivity index (χ1) is 8.00. The zero-order valence-electron chi connectivity index (χ0n) is 9.50. The molecule has 0 amide bonds. The third-order valence-corrected chi connectivity index (χ3v) is 4.05. The molecule has 0 aromatic carbocycles. The van der Waals surface area contributed by atoms with Crippen molar-refractivity contribution in [1.29, 1.82) is 0 Å². The molecule has 0 spiro atoms. The molecule has 0 radical (unpaired) electrons. The summed E-state index contributed by atoms with van der Waals surface area (Å²) < 4.78 is 29.4. The predicted molar refractivity (Wildman–Crippen MR) is 62.7 cm³/mol. The quantitative estimate of drug-likeness (QED) is 0.723. The molecule has 0 aliphatic carbocycles. The fourth-order valence-electron chi connectivity index (χ4n) is 1.82. The number of rotatable bonds is 3. The Balaban J connectivity index is 2.02. The number of furan rings is 1. The monoisotopic (exact) mass is 258 g/mol. The van der Waals surface area contributed by atoms with Crippen LogP contribution in [-0.4, -0.2) is 51.4 Å². The molecule has 17 heavy (non-hydrogen) atoms. The Morgan fingerprint density at radius 1 is 1.24 bits per heavy atom. The maximum atomic E-state index is 11.3. The summed E-state index contributed by atoms with van der Waals surface area (Å²) in [5.41, 5.74) is 0. The number of nitrogens with zero attached hydrogens (tertiary/aromatic N) is 2. The van der Waals surface area contributed by atoms with Gasteiger partial charge in [-0.3, -0.25) is 4.79 Å². The van der Waals surface area contributed by atoms with Crippen molar-refractivity contribution < 1.29 is 17.6 Å². The minimum Gasteiger partial charge on any atom is -0.438 e. The number of anilines is 1. The van der Waals surface area contributed by atoms with Crippen molar-refractivity contribution in [2.45, 2.75) is 0 Å². The fraction of sp³-hybridized carbons (Fsp3) is 0.500. The number of sulfonamides is 1. The summed E-state index contributed by atoms with van der Waals surface area (Å²) in [6.07, 6.45) is 1.86.